The van der Waals surface area contributed by atoms with Gasteiger partial charge in [-0.15, -0.1) is 0 Å². The number of nitrogens with one attached hydrogen (secondary N) is 1. The number of nitrogens with zero attached hydrogens (tertiary/aromatic N) is 7. The zero-order valence-corrected chi connectivity index (χ0v) is 18.4. The quantitative estimate of drug-likeness (QED) is 0.640. The molecule has 10 nitrogen and oxygen atoms in total. The normalized spacial score (nSPS) is 17.7. The lowest BCUT2D eigenvalue weighted by atomic mass is 10.1. The summed E-state index contributed by atoms with van der Waals surface area (Å²) in [6.45, 7) is 10.3. The van der Waals surface area contributed by atoms with Crippen LogP contribution in [0.25, 0.3) is 22.6 Å². The molecule has 3 aromatic rings. The Morgan fingerprint density at radius 3 is 2.71 bits per heavy atom. The number of imidazole rings is 1. The highest BCUT2D eigenvalue weighted by Gasteiger charge is 2.30. The molecule has 0 bridgehead atoms. The Balaban J connectivity index is 1.69. The van der Waals surface area contributed by atoms with E-state index in [9.17, 15) is 4.79 Å². The van der Waals surface area contributed by atoms with Crippen LogP contribution in [0.3, 0.4) is 0 Å². The molecule has 3 aromatic heterocycles. The van der Waals surface area contributed by atoms with Crippen LogP contribution in [0.15, 0.2) is 18.7 Å². The van der Waals surface area contributed by atoms with Gasteiger partial charge in [-0.2, -0.15) is 0 Å². The van der Waals surface area contributed by atoms with E-state index in [4.69, 9.17) is 9.72 Å². The lowest BCUT2D eigenvalue weighted by Crippen LogP contribution is -2.52. The van der Waals surface area contributed by atoms with Crippen molar-refractivity contribution < 1.29 is 9.53 Å². The van der Waals surface area contributed by atoms with Crippen molar-refractivity contribution in [1.82, 2.24) is 34.4 Å². The number of hydrogen-bond acceptors (Lipinski definition) is 8. The van der Waals surface area contributed by atoms with E-state index in [1.165, 1.54) is 6.33 Å². The summed E-state index contributed by atoms with van der Waals surface area (Å²) in [6.07, 6.45) is 5.65. The van der Waals surface area contributed by atoms with E-state index in [2.05, 4.69) is 25.3 Å². The maximum Gasteiger partial charge on any atom is 0.245 e. The van der Waals surface area contributed by atoms with E-state index in [0.717, 1.165) is 11.4 Å². The van der Waals surface area contributed by atoms with Crippen molar-refractivity contribution >= 4 is 22.9 Å². The largest absolute Gasteiger partial charge is 0.377 e. The van der Waals surface area contributed by atoms with Gasteiger partial charge < -0.3 is 19.5 Å². The second-order valence-electron chi connectivity index (χ2n) is 7.65. The van der Waals surface area contributed by atoms with Crippen molar-refractivity contribution in [3.8, 4) is 11.4 Å². The van der Waals surface area contributed by atoms with Gasteiger partial charge in [0.15, 0.2) is 17.0 Å². The maximum absolute atomic E-state index is 13.2. The number of amides is 1. The Bertz CT molecular complexity index is 1070. The van der Waals surface area contributed by atoms with Gasteiger partial charge >= 0.3 is 0 Å². The first-order valence-corrected chi connectivity index (χ1v) is 10.7. The Morgan fingerprint density at radius 2 is 2.03 bits per heavy atom. The summed E-state index contributed by atoms with van der Waals surface area (Å²) in [5.74, 6) is 2.02. The molecule has 1 aliphatic rings. The van der Waals surface area contributed by atoms with Crippen LogP contribution in [-0.2, 0) is 16.1 Å². The molecular formula is C21H28N8O2. The molecule has 0 radical (unpaired) electrons. The Labute approximate surface area is 181 Å². The minimum Gasteiger partial charge on any atom is -0.377 e. The zero-order chi connectivity index (χ0) is 22.0. The third kappa shape index (κ3) is 4.07. The number of aryl methyl sites for hydroxylation is 2. The van der Waals surface area contributed by atoms with Crippen LogP contribution in [-0.4, -0.2) is 72.1 Å². The molecular weight excluding hydrogens is 396 g/mol. The van der Waals surface area contributed by atoms with E-state index in [-0.39, 0.29) is 11.9 Å². The number of aromatic nitrogens is 6. The zero-order valence-electron chi connectivity index (χ0n) is 18.4. The van der Waals surface area contributed by atoms with Gasteiger partial charge in [0.25, 0.3) is 0 Å². The summed E-state index contributed by atoms with van der Waals surface area (Å²) in [5, 5.41) is 3.32. The Hall–Kier alpha value is -3.14. The topological polar surface area (TPSA) is 111 Å². The van der Waals surface area contributed by atoms with Gasteiger partial charge in [0.05, 0.1) is 24.8 Å². The summed E-state index contributed by atoms with van der Waals surface area (Å²) in [5.41, 5.74) is 2.14. The molecule has 0 saturated carbocycles. The van der Waals surface area contributed by atoms with E-state index in [0.29, 0.717) is 55.5 Å². The molecule has 1 N–H and O–H groups in total. The van der Waals surface area contributed by atoms with Gasteiger partial charge in [0.1, 0.15) is 24.0 Å². The lowest BCUT2D eigenvalue weighted by Gasteiger charge is -2.35. The number of morpholine rings is 1. The average molecular weight is 425 g/mol. The fourth-order valence-electron chi connectivity index (χ4n) is 3.83. The molecule has 0 spiro atoms. The van der Waals surface area contributed by atoms with Gasteiger partial charge in [-0.05, 0) is 27.2 Å². The molecule has 0 aliphatic carbocycles. The number of fused-ring (bicyclic) bond motifs is 1. The molecule has 164 valence electrons. The van der Waals surface area contributed by atoms with Crippen molar-refractivity contribution in [2.24, 2.45) is 0 Å². The minimum absolute atomic E-state index is 0.0483. The van der Waals surface area contributed by atoms with Crippen molar-refractivity contribution in [2.75, 3.05) is 25.1 Å². The van der Waals surface area contributed by atoms with Crippen LogP contribution in [0.1, 0.15) is 33.0 Å². The van der Waals surface area contributed by atoms with Crippen LogP contribution in [0.4, 0.5) is 5.82 Å². The van der Waals surface area contributed by atoms with E-state index < -0.39 is 6.04 Å². The molecule has 31 heavy (non-hydrogen) atoms. The first-order chi connectivity index (χ1) is 15.0. The van der Waals surface area contributed by atoms with Crippen LogP contribution >= 0.6 is 0 Å². The summed E-state index contributed by atoms with van der Waals surface area (Å²) < 4.78 is 7.47. The van der Waals surface area contributed by atoms with Crippen molar-refractivity contribution in [1.29, 1.82) is 0 Å². The predicted octanol–water partition coefficient (Wildman–Crippen LogP) is 2.05. The van der Waals surface area contributed by atoms with Gasteiger partial charge in [-0.1, -0.05) is 6.92 Å². The SMILES string of the molecule is CCC(Nc1ncnc2c1nc(-c1cnc(C)nc1)n2CC)C(=O)N1CCOCC1C. The monoisotopic (exact) mass is 424 g/mol. The molecule has 1 fully saturated rings. The molecule has 0 aromatic carbocycles. The fourth-order valence-corrected chi connectivity index (χ4v) is 3.83. The molecule has 10 heteroatoms. The van der Waals surface area contributed by atoms with Crippen LogP contribution in [0, 0.1) is 6.92 Å². The van der Waals surface area contributed by atoms with Gasteiger partial charge in [-0.3, -0.25) is 4.79 Å². The van der Waals surface area contributed by atoms with Crippen molar-refractivity contribution in [2.45, 2.75) is 52.7 Å². The maximum atomic E-state index is 13.2. The van der Waals surface area contributed by atoms with Crippen molar-refractivity contribution in [3.05, 3.63) is 24.5 Å². The lowest BCUT2D eigenvalue weighted by molar-refractivity contribution is -0.140. The number of hydrogen-bond donors (Lipinski definition) is 1. The molecule has 4 rings (SSSR count). The molecule has 2 unspecified atom stereocenters. The fraction of sp³-hybridized carbons (Fsp3) is 0.524. The molecule has 1 amide bonds. The first-order valence-electron chi connectivity index (χ1n) is 10.7. The van der Waals surface area contributed by atoms with Crippen LogP contribution < -0.4 is 5.32 Å². The third-order valence-electron chi connectivity index (χ3n) is 5.56. The number of carbonyl (C=O) groups excluding carboxylic acids is 1. The Morgan fingerprint density at radius 1 is 1.26 bits per heavy atom. The van der Waals surface area contributed by atoms with Crippen LogP contribution in [0.2, 0.25) is 0 Å². The van der Waals surface area contributed by atoms with Gasteiger partial charge in [-0.25, -0.2) is 24.9 Å². The summed E-state index contributed by atoms with van der Waals surface area (Å²) in [4.78, 5) is 37.3. The second-order valence-corrected chi connectivity index (χ2v) is 7.65. The second kappa shape index (κ2) is 8.93. The van der Waals surface area contributed by atoms with E-state index >= 15 is 0 Å². The highest BCUT2D eigenvalue weighted by molar-refractivity contribution is 5.90. The van der Waals surface area contributed by atoms with Gasteiger partial charge in [0.2, 0.25) is 5.91 Å². The number of anilines is 1. The van der Waals surface area contributed by atoms with Crippen LogP contribution in [0.5, 0.6) is 0 Å². The molecule has 2 atom stereocenters. The molecule has 4 heterocycles. The van der Waals surface area contributed by atoms with E-state index in [1.807, 2.05) is 37.2 Å². The Kier molecular flexibility index (Phi) is 6.08. The number of rotatable bonds is 6. The third-order valence-corrected chi connectivity index (χ3v) is 5.56. The number of ether oxygens (including phenoxy) is 1. The van der Waals surface area contributed by atoms with Gasteiger partial charge in [0, 0.05) is 25.5 Å². The summed E-state index contributed by atoms with van der Waals surface area (Å²) in [7, 11) is 0. The highest BCUT2D eigenvalue weighted by atomic mass is 16.5. The predicted molar refractivity (Wildman–Crippen MR) is 116 cm³/mol. The average Bonchev–Trinajstić information content (AvgIpc) is 3.17. The smallest absolute Gasteiger partial charge is 0.245 e. The number of carbonyl (C=O) groups is 1. The standard InChI is InChI=1S/C21H28N8O2/c1-5-16(21(30)29-7-8-31-11-13(29)3)26-18-17-20(25-12-24-18)28(6-2)19(27-17)15-9-22-14(4)23-10-15/h9-10,12-13,16H,5-8,11H2,1-4H3,(H,24,25,26). The molecule has 1 aliphatic heterocycles. The highest BCUT2D eigenvalue weighted by Crippen LogP contribution is 2.27. The minimum atomic E-state index is -0.406. The van der Waals surface area contributed by atoms with E-state index in [1.54, 1.807) is 12.4 Å². The first kappa shape index (κ1) is 21.1. The molecule has 1 saturated heterocycles. The summed E-state index contributed by atoms with van der Waals surface area (Å²) in [6, 6.07) is -0.355. The summed E-state index contributed by atoms with van der Waals surface area (Å²) >= 11 is 0. The van der Waals surface area contributed by atoms with Crippen molar-refractivity contribution in [3.63, 3.8) is 0 Å².